The normalized spacial score (nSPS) is 17.7. The molecule has 1 fully saturated rings. The molecule has 2 N–H and O–H groups in total. The third kappa shape index (κ3) is 2.38. The first kappa shape index (κ1) is 12.3. The maximum atomic E-state index is 5.92. The van der Waals surface area contributed by atoms with E-state index in [-0.39, 0.29) is 5.41 Å². The van der Waals surface area contributed by atoms with E-state index in [1.807, 2.05) is 18.2 Å². The Kier molecular flexibility index (Phi) is 3.29. The van der Waals surface area contributed by atoms with Crippen molar-refractivity contribution in [1.82, 2.24) is 15.1 Å². The summed E-state index contributed by atoms with van der Waals surface area (Å²) in [5.74, 6) is 1.40. The van der Waals surface area contributed by atoms with Crippen LogP contribution in [0.3, 0.4) is 0 Å². The molecule has 1 aliphatic carbocycles. The van der Waals surface area contributed by atoms with Crippen molar-refractivity contribution in [3.8, 4) is 0 Å². The van der Waals surface area contributed by atoms with Crippen LogP contribution >= 0.6 is 0 Å². The Bertz CT molecular complexity index is 531. The molecule has 0 aromatic carbocycles. The first-order valence-corrected chi connectivity index (χ1v) is 6.75. The minimum absolute atomic E-state index is 0.0879. The molecule has 1 saturated carbocycles. The lowest BCUT2D eigenvalue weighted by Gasteiger charge is -2.21. The molecule has 0 amide bonds. The lowest BCUT2D eigenvalue weighted by Crippen LogP contribution is -2.32. The molecule has 19 heavy (non-hydrogen) atoms. The quantitative estimate of drug-likeness (QED) is 0.905. The van der Waals surface area contributed by atoms with Crippen molar-refractivity contribution in [3.63, 3.8) is 0 Å². The van der Waals surface area contributed by atoms with Gasteiger partial charge in [0.05, 0.1) is 11.8 Å². The van der Waals surface area contributed by atoms with Crippen LogP contribution in [0.1, 0.15) is 43.1 Å². The number of nitrogens with two attached hydrogens (primary N) is 1. The van der Waals surface area contributed by atoms with Gasteiger partial charge >= 0.3 is 0 Å². The summed E-state index contributed by atoms with van der Waals surface area (Å²) in [6.07, 6.45) is 6.85. The zero-order valence-electron chi connectivity index (χ0n) is 10.9. The number of nitrogens with zero attached hydrogens (tertiary/aromatic N) is 3. The van der Waals surface area contributed by atoms with Gasteiger partial charge in [-0.25, -0.2) is 0 Å². The molecule has 1 aliphatic rings. The fourth-order valence-electron chi connectivity index (χ4n) is 2.76. The number of aromatic nitrogens is 3. The summed E-state index contributed by atoms with van der Waals surface area (Å²) < 4.78 is 5.45. The summed E-state index contributed by atoms with van der Waals surface area (Å²) in [5, 5.41) is 4.07. The maximum Gasteiger partial charge on any atom is 0.234 e. The molecule has 0 radical (unpaired) electrons. The van der Waals surface area contributed by atoms with Crippen LogP contribution in [0.15, 0.2) is 28.9 Å². The van der Waals surface area contributed by atoms with E-state index in [0.717, 1.165) is 18.5 Å². The van der Waals surface area contributed by atoms with Crippen LogP contribution in [0.5, 0.6) is 0 Å². The summed E-state index contributed by atoms with van der Waals surface area (Å²) in [7, 11) is 0. The maximum absolute atomic E-state index is 5.92. The van der Waals surface area contributed by atoms with Crippen LogP contribution in [0.25, 0.3) is 0 Å². The number of pyridine rings is 1. The summed E-state index contributed by atoms with van der Waals surface area (Å²) in [4.78, 5) is 8.80. The van der Waals surface area contributed by atoms with E-state index < -0.39 is 0 Å². The molecule has 2 aromatic rings. The van der Waals surface area contributed by atoms with E-state index in [0.29, 0.717) is 24.7 Å². The summed E-state index contributed by atoms with van der Waals surface area (Å²) in [6.45, 7) is 0.582. The summed E-state index contributed by atoms with van der Waals surface area (Å²) in [5.41, 5.74) is 6.78. The summed E-state index contributed by atoms with van der Waals surface area (Å²) in [6, 6.07) is 5.82. The van der Waals surface area contributed by atoms with Gasteiger partial charge in [-0.2, -0.15) is 4.98 Å². The predicted octanol–water partition coefficient (Wildman–Crippen LogP) is 1.83. The first-order valence-electron chi connectivity index (χ1n) is 6.75. The van der Waals surface area contributed by atoms with Crippen molar-refractivity contribution in [1.29, 1.82) is 0 Å². The fourth-order valence-corrected chi connectivity index (χ4v) is 2.76. The molecular weight excluding hydrogens is 240 g/mol. The van der Waals surface area contributed by atoms with E-state index >= 15 is 0 Å². The van der Waals surface area contributed by atoms with Gasteiger partial charge in [0.1, 0.15) is 0 Å². The molecular formula is C14H18N4O. The van der Waals surface area contributed by atoms with Crippen molar-refractivity contribution in [2.45, 2.75) is 37.5 Å². The van der Waals surface area contributed by atoms with Gasteiger partial charge in [-0.1, -0.05) is 24.1 Å². The second-order valence-electron chi connectivity index (χ2n) is 5.21. The standard InChI is InChI=1S/C14H18N4O/c15-10-14(6-2-3-7-14)13-17-12(18-19-13)9-11-5-1-4-8-16-11/h1,4-5,8H,2-3,6-7,9-10,15H2. The van der Waals surface area contributed by atoms with Gasteiger partial charge in [-0.3, -0.25) is 4.98 Å². The third-order valence-electron chi connectivity index (χ3n) is 3.94. The highest BCUT2D eigenvalue weighted by molar-refractivity contribution is 5.13. The van der Waals surface area contributed by atoms with Crippen molar-refractivity contribution in [2.75, 3.05) is 6.54 Å². The Morgan fingerprint density at radius 3 is 2.79 bits per heavy atom. The lowest BCUT2D eigenvalue weighted by atomic mass is 9.86. The van der Waals surface area contributed by atoms with E-state index in [1.165, 1.54) is 12.8 Å². The number of hydrogen-bond acceptors (Lipinski definition) is 5. The Hall–Kier alpha value is -1.75. The molecule has 5 heteroatoms. The van der Waals surface area contributed by atoms with E-state index in [1.54, 1.807) is 6.20 Å². The molecule has 5 nitrogen and oxygen atoms in total. The number of hydrogen-bond donors (Lipinski definition) is 1. The smallest absolute Gasteiger partial charge is 0.234 e. The van der Waals surface area contributed by atoms with Gasteiger partial charge in [-0.05, 0) is 25.0 Å². The minimum atomic E-state index is -0.0879. The summed E-state index contributed by atoms with van der Waals surface area (Å²) >= 11 is 0. The second-order valence-corrected chi connectivity index (χ2v) is 5.21. The molecule has 2 heterocycles. The van der Waals surface area contributed by atoms with Gasteiger partial charge in [0, 0.05) is 18.4 Å². The molecule has 0 aliphatic heterocycles. The van der Waals surface area contributed by atoms with Crippen LogP contribution in [0, 0.1) is 0 Å². The Labute approximate surface area is 112 Å². The van der Waals surface area contributed by atoms with E-state index in [4.69, 9.17) is 10.3 Å². The van der Waals surface area contributed by atoms with Crippen LogP contribution in [0.4, 0.5) is 0 Å². The molecule has 0 bridgehead atoms. The zero-order chi connectivity index (χ0) is 13.1. The monoisotopic (exact) mass is 258 g/mol. The minimum Gasteiger partial charge on any atom is -0.339 e. The Morgan fingerprint density at radius 2 is 2.11 bits per heavy atom. The molecule has 100 valence electrons. The topological polar surface area (TPSA) is 77.8 Å². The highest BCUT2D eigenvalue weighted by atomic mass is 16.5. The van der Waals surface area contributed by atoms with Crippen LogP contribution in [-0.4, -0.2) is 21.7 Å². The molecule has 0 saturated heterocycles. The second kappa shape index (κ2) is 5.09. The van der Waals surface area contributed by atoms with Crippen molar-refractivity contribution in [2.24, 2.45) is 5.73 Å². The van der Waals surface area contributed by atoms with E-state index in [2.05, 4.69) is 15.1 Å². The average molecular weight is 258 g/mol. The van der Waals surface area contributed by atoms with Gasteiger partial charge in [0.25, 0.3) is 0 Å². The molecule has 0 unspecified atom stereocenters. The highest BCUT2D eigenvalue weighted by Gasteiger charge is 2.39. The van der Waals surface area contributed by atoms with Gasteiger partial charge in [0.15, 0.2) is 5.82 Å². The first-order chi connectivity index (χ1) is 9.32. The Morgan fingerprint density at radius 1 is 1.26 bits per heavy atom. The zero-order valence-corrected chi connectivity index (χ0v) is 10.9. The van der Waals surface area contributed by atoms with Crippen LogP contribution < -0.4 is 5.73 Å². The van der Waals surface area contributed by atoms with Crippen molar-refractivity contribution in [3.05, 3.63) is 41.8 Å². The third-order valence-corrected chi connectivity index (χ3v) is 3.94. The molecule has 3 rings (SSSR count). The molecule has 0 atom stereocenters. The number of rotatable bonds is 4. The van der Waals surface area contributed by atoms with Crippen LogP contribution in [0.2, 0.25) is 0 Å². The SMILES string of the molecule is NCC1(c2nc(Cc3ccccn3)no2)CCCC1. The van der Waals surface area contributed by atoms with Crippen molar-refractivity contribution >= 4 is 0 Å². The Balaban J connectivity index is 1.79. The van der Waals surface area contributed by atoms with E-state index in [9.17, 15) is 0 Å². The van der Waals surface area contributed by atoms with Gasteiger partial charge in [-0.15, -0.1) is 0 Å². The van der Waals surface area contributed by atoms with Crippen LogP contribution in [-0.2, 0) is 11.8 Å². The average Bonchev–Trinajstić information content (AvgIpc) is 3.09. The molecule has 0 spiro atoms. The van der Waals surface area contributed by atoms with Crippen molar-refractivity contribution < 1.29 is 4.52 Å². The molecule has 2 aromatic heterocycles. The van der Waals surface area contributed by atoms with Gasteiger partial charge < -0.3 is 10.3 Å². The highest BCUT2D eigenvalue weighted by Crippen LogP contribution is 2.39. The van der Waals surface area contributed by atoms with Gasteiger partial charge in [0.2, 0.25) is 5.89 Å². The predicted molar refractivity (Wildman–Crippen MR) is 70.5 cm³/mol. The lowest BCUT2D eigenvalue weighted by molar-refractivity contribution is 0.283. The largest absolute Gasteiger partial charge is 0.339 e. The fraction of sp³-hybridized carbons (Fsp3) is 0.500.